The normalized spacial score (nSPS) is 29.3. The number of hydrogen-bond donors (Lipinski definition) is 1. The Kier molecular flexibility index (Phi) is 4.70. The second-order valence-corrected chi connectivity index (χ2v) is 7.45. The van der Waals surface area contributed by atoms with E-state index in [-0.39, 0.29) is 18.7 Å². The maximum atomic E-state index is 12.9. The lowest BCUT2D eigenvalue weighted by Crippen LogP contribution is -2.42. The highest BCUT2D eigenvalue weighted by Crippen LogP contribution is 2.53. The molecular formula is C20H21N3O6. The third-order valence-corrected chi connectivity index (χ3v) is 5.66. The van der Waals surface area contributed by atoms with Crippen molar-refractivity contribution in [3.63, 3.8) is 0 Å². The van der Waals surface area contributed by atoms with Crippen LogP contribution in [0.3, 0.4) is 0 Å². The van der Waals surface area contributed by atoms with Gasteiger partial charge in [0, 0.05) is 12.1 Å². The summed E-state index contributed by atoms with van der Waals surface area (Å²) in [6.07, 6.45) is 3.33. The number of methoxy groups -OCH3 is 1. The van der Waals surface area contributed by atoms with Crippen molar-refractivity contribution in [2.24, 2.45) is 11.8 Å². The molecule has 2 bridgehead atoms. The van der Waals surface area contributed by atoms with Gasteiger partial charge in [-0.3, -0.25) is 24.1 Å². The standard InChI is InChI=1S/C20H21N3O6/c1-11-4-3-5-13(21-11)22-14(24)7-9-20-8-6-12(29-20)16-17(20)19(27)23(18(16)26)10-15(25)28-2/h3-6,8,12,16-17H,7,9-10H2,1-2H3,(H,21,22,24)/t12-,16+,17-,20-/m0/s1. The van der Waals surface area contributed by atoms with E-state index in [1.165, 1.54) is 7.11 Å². The zero-order valence-electron chi connectivity index (χ0n) is 16.1. The average molecular weight is 399 g/mol. The zero-order chi connectivity index (χ0) is 20.8. The third-order valence-electron chi connectivity index (χ3n) is 5.66. The lowest BCUT2D eigenvalue weighted by atomic mass is 9.75. The Labute approximate surface area is 167 Å². The van der Waals surface area contributed by atoms with Crippen LogP contribution in [-0.4, -0.2) is 58.9 Å². The first-order valence-electron chi connectivity index (χ1n) is 9.37. The maximum Gasteiger partial charge on any atom is 0.325 e. The van der Waals surface area contributed by atoms with Crippen molar-refractivity contribution in [1.82, 2.24) is 9.88 Å². The number of aryl methyl sites for hydroxylation is 1. The van der Waals surface area contributed by atoms with Crippen LogP contribution >= 0.6 is 0 Å². The number of amides is 3. The monoisotopic (exact) mass is 399 g/mol. The summed E-state index contributed by atoms with van der Waals surface area (Å²) < 4.78 is 10.6. The summed E-state index contributed by atoms with van der Waals surface area (Å²) >= 11 is 0. The molecule has 1 N–H and O–H groups in total. The van der Waals surface area contributed by atoms with Crippen molar-refractivity contribution in [3.8, 4) is 0 Å². The van der Waals surface area contributed by atoms with Gasteiger partial charge in [-0.1, -0.05) is 18.2 Å². The molecule has 0 aliphatic carbocycles. The van der Waals surface area contributed by atoms with Crippen LogP contribution in [0, 0.1) is 18.8 Å². The van der Waals surface area contributed by atoms with Gasteiger partial charge in [0.1, 0.15) is 18.0 Å². The molecule has 2 fully saturated rings. The topological polar surface area (TPSA) is 115 Å². The predicted octanol–water partition coefficient (Wildman–Crippen LogP) is 0.590. The zero-order valence-corrected chi connectivity index (χ0v) is 16.1. The Morgan fingerprint density at radius 2 is 2.10 bits per heavy atom. The number of likely N-dealkylation sites (tertiary alicyclic amines) is 1. The van der Waals surface area contributed by atoms with Crippen LogP contribution in [0.25, 0.3) is 0 Å². The summed E-state index contributed by atoms with van der Waals surface area (Å²) in [5, 5.41) is 2.73. The fourth-order valence-electron chi connectivity index (χ4n) is 4.33. The Morgan fingerprint density at radius 1 is 1.31 bits per heavy atom. The van der Waals surface area contributed by atoms with Gasteiger partial charge in [0.25, 0.3) is 0 Å². The number of hydrogen-bond acceptors (Lipinski definition) is 7. The Morgan fingerprint density at radius 3 is 2.83 bits per heavy atom. The SMILES string of the molecule is COC(=O)CN1C(=O)[C@@H]2[C@@H]3C=C[C@@](CCC(=O)Nc4cccc(C)n4)(O3)[C@@H]2C1=O. The number of rotatable bonds is 6. The third kappa shape index (κ3) is 3.21. The highest BCUT2D eigenvalue weighted by Gasteiger charge is 2.67. The van der Waals surface area contributed by atoms with Gasteiger partial charge in [-0.25, -0.2) is 4.98 Å². The molecule has 4 heterocycles. The number of pyridine rings is 1. The molecule has 0 saturated carbocycles. The number of ether oxygens (including phenoxy) is 2. The van der Waals surface area contributed by atoms with E-state index in [0.717, 1.165) is 10.6 Å². The number of carbonyl (C=O) groups is 4. The van der Waals surface area contributed by atoms with Crippen molar-refractivity contribution < 1.29 is 28.7 Å². The molecule has 0 radical (unpaired) electrons. The molecule has 0 aromatic carbocycles. The highest BCUT2D eigenvalue weighted by atomic mass is 16.5. The summed E-state index contributed by atoms with van der Waals surface area (Å²) in [7, 11) is 1.20. The molecule has 2 saturated heterocycles. The summed E-state index contributed by atoms with van der Waals surface area (Å²) in [4.78, 5) is 54.7. The second-order valence-electron chi connectivity index (χ2n) is 7.45. The number of imide groups is 1. The minimum absolute atomic E-state index is 0.0916. The van der Waals surface area contributed by atoms with Gasteiger partial charge in [-0.05, 0) is 25.5 Å². The van der Waals surface area contributed by atoms with E-state index in [9.17, 15) is 19.2 Å². The number of aromatic nitrogens is 1. The number of fused-ring (bicyclic) bond motifs is 5. The molecule has 9 nitrogen and oxygen atoms in total. The van der Waals surface area contributed by atoms with Crippen LogP contribution in [-0.2, 0) is 28.7 Å². The molecule has 1 aromatic heterocycles. The smallest absolute Gasteiger partial charge is 0.325 e. The van der Waals surface area contributed by atoms with Gasteiger partial charge in [0.05, 0.1) is 25.0 Å². The molecule has 3 amide bonds. The quantitative estimate of drug-likeness (QED) is 0.423. The van der Waals surface area contributed by atoms with E-state index >= 15 is 0 Å². The van der Waals surface area contributed by atoms with Crippen LogP contribution in [0.1, 0.15) is 18.5 Å². The van der Waals surface area contributed by atoms with Gasteiger partial charge < -0.3 is 14.8 Å². The van der Waals surface area contributed by atoms with Crippen LogP contribution in [0.4, 0.5) is 5.82 Å². The van der Waals surface area contributed by atoms with Crippen molar-refractivity contribution >= 4 is 29.5 Å². The first-order chi connectivity index (χ1) is 13.8. The van der Waals surface area contributed by atoms with Crippen molar-refractivity contribution in [2.45, 2.75) is 31.5 Å². The molecule has 0 spiro atoms. The summed E-state index contributed by atoms with van der Waals surface area (Å²) in [5.74, 6) is -2.77. The molecule has 4 atom stereocenters. The minimum Gasteiger partial charge on any atom is -0.468 e. The summed E-state index contributed by atoms with van der Waals surface area (Å²) in [6.45, 7) is 1.41. The number of esters is 1. The lowest BCUT2D eigenvalue weighted by molar-refractivity contribution is -0.153. The molecule has 29 heavy (non-hydrogen) atoms. The Balaban J connectivity index is 1.46. The molecule has 3 aliphatic rings. The molecule has 4 rings (SSSR count). The second kappa shape index (κ2) is 7.07. The van der Waals surface area contributed by atoms with Crippen LogP contribution in [0.2, 0.25) is 0 Å². The molecule has 1 aromatic rings. The highest BCUT2D eigenvalue weighted by molar-refractivity contribution is 6.08. The maximum absolute atomic E-state index is 12.9. The fraction of sp³-hybridized carbons (Fsp3) is 0.450. The number of anilines is 1. The van der Waals surface area contributed by atoms with E-state index in [1.807, 2.05) is 13.0 Å². The van der Waals surface area contributed by atoms with E-state index < -0.39 is 47.9 Å². The van der Waals surface area contributed by atoms with Gasteiger partial charge in [-0.15, -0.1) is 0 Å². The Hall–Kier alpha value is -3.07. The molecule has 152 valence electrons. The van der Waals surface area contributed by atoms with Crippen LogP contribution < -0.4 is 5.32 Å². The van der Waals surface area contributed by atoms with Gasteiger partial charge in [0.2, 0.25) is 17.7 Å². The number of nitrogens with one attached hydrogen (secondary N) is 1. The van der Waals surface area contributed by atoms with E-state index in [1.54, 1.807) is 24.3 Å². The number of carbonyl (C=O) groups excluding carboxylic acids is 4. The number of nitrogens with zero attached hydrogens (tertiary/aromatic N) is 2. The fourth-order valence-corrected chi connectivity index (χ4v) is 4.33. The Bertz CT molecular complexity index is 929. The van der Waals surface area contributed by atoms with E-state index in [0.29, 0.717) is 5.82 Å². The largest absolute Gasteiger partial charge is 0.468 e. The van der Waals surface area contributed by atoms with Gasteiger partial charge in [-0.2, -0.15) is 0 Å². The van der Waals surface area contributed by atoms with E-state index in [2.05, 4.69) is 15.0 Å². The average Bonchev–Trinajstić information content (AvgIpc) is 3.33. The minimum atomic E-state index is -1.02. The first-order valence-corrected chi connectivity index (χ1v) is 9.37. The van der Waals surface area contributed by atoms with Gasteiger partial charge >= 0.3 is 5.97 Å². The van der Waals surface area contributed by atoms with Crippen LogP contribution in [0.5, 0.6) is 0 Å². The molecule has 9 heteroatoms. The summed E-state index contributed by atoms with van der Waals surface area (Å²) in [6, 6.07) is 5.32. The van der Waals surface area contributed by atoms with Crippen molar-refractivity contribution in [1.29, 1.82) is 0 Å². The predicted molar refractivity (Wildman–Crippen MR) is 99.3 cm³/mol. The van der Waals surface area contributed by atoms with Crippen molar-refractivity contribution in [2.75, 3.05) is 19.0 Å². The van der Waals surface area contributed by atoms with Gasteiger partial charge in [0.15, 0.2) is 0 Å². The molecule has 3 aliphatic heterocycles. The van der Waals surface area contributed by atoms with Crippen molar-refractivity contribution in [3.05, 3.63) is 36.0 Å². The molecule has 0 unspecified atom stereocenters. The lowest BCUT2D eigenvalue weighted by Gasteiger charge is -2.28. The summed E-state index contributed by atoms with van der Waals surface area (Å²) in [5.41, 5.74) is -0.240. The first kappa shape index (κ1) is 19.3. The van der Waals surface area contributed by atoms with Crippen LogP contribution in [0.15, 0.2) is 30.4 Å². The van der Waals surface area contributed by atoms with E-state index in [4.69, 9.17) is 4.74 Å². The molecular weight excluding hydrogens is 378 g/mol.